The van der Waals surface area contributed by atoms with Crippen molar-refractivity contribution in [1.82, 2.24) is 19.6 Å². The number of carbonyl (C=O) groups is 1. The van der Waals surface area contributed by atoms with Crippen molar-refractivity contribution in [3.8, 4) is 5.75 Å². The van der Waals surface area contributed by atoms with Gasteiger partial charge >= 0.3 is 13.7 Å². The minimum Gasteiger partial charge on any atom is -0.462 e. The van der Waals surface area contributed by atoms with Crippen molar-refractivity contribution in [2.24, 2.45) is 0 Å². The van der Waals surface area contributed by atoms with Gasteiger partial charge in [-0.1, -0.05) is 36.4 Å². The number of para-hydroxylation sites is 2. The summed E-state index contributed by atoms with van der Waals surface area (Å²) in [5, 5.41) is 2.78. The first-order chi connectivity index (χ1) is 22.7. The number of imidazole rings is 1. The largest absolute Gasteiger partial charge is 0.462 e. The van der Waals surface area contributed by atoms with Crippen LogP contribution in [0.3, 0.4) is 0 Å². The summed E-state index contributed by atoms with van der Waals surface area (Å²) in [5.41, 5.74) is 7.80. The Labute approximate surface area is 246 Å². The number of aromatic nitrogens is 3. The molecule has 0 spiro atoms. The van der Waals surface area contributed by atoms with Gasteiger partial charge in [0.15, 0.2) is 5.82 Å². The van der Waals surface area contributed by atoms with Crippen molar-refractivity contribution in [2.75, 3.05) is 12.3 Å². The maximum absolute atomic E-state index is 14.4. The monoisotopic (exact) mass is 578 g/mol. The predicted molar refractivity (Wildman–Crippen MR) is 154 cm³/mol. The molecule has 4 rings (SSSR count). The number of pyridine rings is 1. The third-order valence-corrected chi connectivity index (χ3v) is 7.27. The van der Waals surface area contributed by atoms with Gasteiger partial charge in [-0.05, 0) is 52.6 Å². The summed E-state index contributed by atoms with van der Waals surface area (Å²) in [6.07, 6.45) is -3.75. The quantitative estimate of drug-likeness (QED) is 0.160. The molecule has 11 nitrogen and oxygen atoms in total. The van der Waals surface area contributed by atoms with Gasteiger partial charge in [0.05, 0.1) is 29.8 Å². The first-order valence-electron chi connectivity index (χ1n) is 16.9. The van der Waals surface area contributed by atoms with Crippen molar-refractivity contribution in [2.45, 2.75) is 65.8 Å². The number of rotatable bonds is 13. The molecular weight excluding hydrogens is 533 g/mol. The maximum Gasteiger partial charge on any atom is 0.459 e. The summed E-state index contributed by atoms with van der Waals surface area (Å²) in [4.78, 5) is 22.3. The number of carbonyl (C=O) groups excluding carboxylic acids is 1. The number of hydrogen-bond acceptors (Lipinski definition) is 9. The van der Waals surface area contributed by atoms with E-state index in [1.165, 1.54) is 31.2 Å². The van der Waals surface area contributed by atoms with Gasteiger partial charge in [0.2, 0.25) is 0 Å². The Balaban J connectivity index is 1.74. The van der Waals surface area contributed by atoms with Gasteiger partial charge in [-0.25, -0.2) is 14.5 Å². The molecule has 0 fully saturated rings. The SMILES string of the molecule is [2H]C([2H])([2H])C(OC(=O)[C@@H](N[P@](=O)(Oc1ccccc1)O[C@H](C)Cn1c(COCC)nc2c(N)nc3ccccc3c21)C([2H])([2H])[2H])C([2H])([2H])[2H]. The van der Waals surface area contributed by atoms with Crippen molar-refractivity contribution < 1.29 is 40.2 Å². The van der Waals surface area contributed by atoms with E-state index < -0.39 is 52.5 Å². The Morgan fingerprint density at radius 1 is 1.12 bits per heavy atom. The van der Waals surface area contributed by atoms with Gasteiger partial charge in [0.1, 0.15) is 29.7 Å². The lowest BCUT2D eigenvalue weighted by Gasteiger charge is -2.26. The maximum atomic E-state index is 14.4. The molecule has 12 heteroatoms. The van der Waals surface area contributed by atoms with Crippen molar-refractivity contribution in [3.63, 3.8) is 0 Å². The molecular formula is C28H36N5O6P. The van der Waals surface area contributed by atoms with Crippen LogP contribution in [0.4, 0.5) is 5.82 Å². The number of fused-ring (bicyclic) bond motifs is 3. The molecule has 3 atom stereocenters. The van der Waals surface area contributed by atoms with Gasteiger partial charge in [-0.15, -0.1) is 0 Å². The van der Waals surface area contributed by atoms with Gasteiger partial charge in [-0.2, -0.15) is 5.09 Å². The second-order valence-electron chi connectivity index (χ2n) is 8.68. The lowest BCUT2D eigenvalue weighted by atomic mass is 10.2. The summed E-state index contributed by atoms with van der Waals surface area (Å²) in [6, 6.07) is 12.2. The highest BCUT2D eigenvalue weighted by Gasteiger charge is 2.35. The number of hydrogen-bond donors (Lipinski definition) is 2. The number of nitrogens with two attached hydrogens (primary N) is 1. The van der Waals surface area contributed by atoms with Crippen LogP contribution in [-0.4, -0.2) is 45.4 Å². The third kappa shape index (κ3) is 6.98. The predicted octanol–water partition coefficient (Wildman–Crippen LogP) is 5.23. The van der Waals surface area contributed by atoms with E-state index in [1.54, 1.807) is 29.7 Å². The van der Waals surface area contributed by atoms with E-state index in [0.717, 1.165) is 0 Å². The normalized spacial score (nSPS) is 19.0. The van der Waals surface area contributed by atoms with Crippen molar-refractivity contribution >= 4 is 41.5 Å². The smallest absolute Gasteiger partial charge is 0.459 e. The highest BCUT2D eigenvalue weighted by Crippen LogP contribution is 2.46. The summed E-state index contributed by atoms with van der Waals surface area (Å²) < 4.78 is 107. The minimum absolute atomic E-state index is 0.0407. The third-order valence-electron chi connectivity index (χ3n) is 5.61. The zero-order chi connectivity index (χ0) is 36.4. The summed E-state index contributed by atoms with van der Waals surface area (Å²) in [5.74, 6) is -1.28. The molecule has 3 N–H and O–H groups in total. The van der Waals surface area contributed by atoms with Crippen LogP contribution in [0.15, 0.2) is 54.6 Å². The van der Waals surface area contributed by atoms with E-state index >= 15 is 0 Å². The number of esters is 1. The van der Waals surface area contributed by atoms with Crippen LogP contribution in [0.2, 0.25) is 0 Å². The lowest BCUT2D eigenvalue weighted by molar-refractivity contribution is -0.149. The Hall–Kier alpha value is -3.50. The Kier molecular flexibility index (Phi) is 6.25. The van der Waals surface area contributed by atoms with Crippen LogP contribution < -0.4 is 15.3 Å². The van der Waals surface area contributed by atoms with Crippen molar-refractivity contribution in [3.05, 3.63) is 60.4 Å². The zero-order valence-corrected chi connectivity index (χ0v) is 22.8. The Bertz CT molecular complexity index is 1800. The molecule has 0 bridgehead atoms. The molecule has 2 aromatic heterocycles. The van der Waals surface area contributed by atoms with E-state index in [4.69, 9.17) is 36.6 Å². The second kappa shape index (κ2) is 12.8. The van der Waals surface area contributed by atoms with Gasteiger partial charge < -0.3 is 24.3 Å². The van der Waals surface area contributed by atoms with E-state index in [-0.39, 0.29) is 24.7 Å². The molecule has 40 heavy (non-hydrogen) atoms. The number of ether oxygens (including phenoxy) is 2. The van der Waals surface area contributed by atoms with E-state index in [0.29, 0.717) is 34.4 Å². The van der Waals surface area contributed by atoms with E-state index in [1.807, 2.05) is 12.1 Å². The Morgan fingerprint density at radius 3 is 2.60 bits per heavy atom. The number of nitrogens with one attached hydrogen (secondary N) is 1. The number of anilines is 1. The van der Waals surface area contributed by atoms with Crippen molar-refractivity contribution in [1.29, 1.82) is 0 Å². The first-order valence-corrected chi connectivity index (χ1v) is 13.9. The average molecular weight is 579 g/mol. The number of benzene rings is 2. The number of nitrogens with zero attached hydrogens (tertiary/aromatic N) is 3. The highest BCUT2D eigenvalue weighted by atomic mass is 31.2. The fraction of sp³-hybridized carbons (Fsp3) is 0.393. The van der Waals surface area contributed by atoms with Crippen LogP contribution in [0.1, 0.15) is 52.6 Å². The lowest BCUT2D eigenvalue weighted by Crippen LogP contribution is -2.37. The van der Waals surface area contributed by atoms with E-state index in [2.05, 4.69) is 15.1 Å². The van der Waals surface area contributed by atoms with Crippen LogP contribution in [0, 0.1) is 0 Å². The standard InChI is InChI=1S/C28H36N5O6P/c1-6-36-17-24-31-25-26(22-14-10-11-15-23(22)30-27(25)29)33(24)16-19(4)38-40(35,39-21-12-8-7-9-13-21)32-20(5)28(34)37-18(2)3/h7-15,18-20H,6,16-17H2,1-5H3,(H2,29,30)(H,32,35)/t19-,20+,40-/m1/s1/i2D3,3D3,5D3. The molecule has 0 radical (unpaired) electrons. The molecule has 0 unspecified atom stereocenters. The Morgan fingerprint density at radius 2 is 1.88 bits per heavy atom. The number of nitrogen functional groups attached to an aromatic ring is 1. The molecule has 4 aromatic rings. The van der Waals surface area contributed by atoms with Crippen LogP contribution in [0.5, 0.6) is 5.75 Å². The molecule has 2 aromatic carbocycles. The van der Waals surface area contributed by atoms with Gasteiger partial charge in [-0.3, -0.25) is 9.32 Å². The summed E-state index contributed by atoms with van der Waals surface area (Å²) >= 11 is 0. The van der Waals surface area contributed by atoms with Gasteiger partial charge in [0, 0.05) is 24.3 Å². The minimum atomic E-state index is -4.90. The second-order valence-corrected chi connectivity index (χ2v) is 10.3. The van der Waals surface area contributed by atoms with Crippen LogP contribution >= 0.6 is 7.75 Å². The molecule has 0 amide bonds. The van der Waals surface area contributed by atoms with E-state index in [9.17, 15) is 9.36 Å². The van der Waals surface area contributed by atoms with Crippen LogP contribution in [-0.2, 0) is 36.5 Å². The molecule has 2 heterocycles. The fourth-order valence-electron chi connectivity index (χ4n) is 4.03. The molecule has 0 saturated heterocycles. The molecule has 0 aliphatic rings. The highest BCUT2D eigenvalue weighted by molar-refractivity contribution is 7.52. The topological polar surface area (TPSA) is 140 Å². The zero-order valence-electron chi connectivity index (χ0n) is 30.9. The molecule has 0 saturated carbocycles. The average Bonchev–Trinajstić information content (AvgIpc) is 3.34. The molecule has 0 aliphatic heterocycles. The first kappa shape index (κ1) is 19.6. The fourth-order valence-corrected chi connectivity index (χ4v) is 5.54. The van der Waals surface area contributed by atoms with Gasteiger partial charge in [0.25, 0.3) is 0 Å². The summed E-state index contributed by atoms with van der Waals surface area (Å²) in [7, 11) is -4.90. The molecule has 0 aliphatic carbocycles. The molecule has 214 valence electrons. The van der Waals surface area contributed by atoms with Crippen LogP contribution in [0.25, 0.3) is 21.9 Å². The summed E-state index contributed by atoms with van der Waals surface area (Å²) in [6.45, 7) is -6.36.